The van der Waals surface area contributed by atoms with Crippen molar-refractivity contribution in [3.63, 3.8) is 0 Å². The van der Waals surface area contributed by atoms with Crippen molar-refractivity contribution in [2.75, 3.05) is 12.4 Å². The molecule has 0 unspecified atom stereocenters. The van der Waals surface area contributed by atoms with Crippen LogP contribution in [0.25, 0.3) is 0 Å². The summed E-state index contributed by atoms with van der Waals surface area (Å²) in [5, 5.41) is 6.69. The highest BCUT2D eigenvalue weighted by molar-refractivity contribution is 5.94. The highest BCUT2D eigenvalue weighted by atomic mass is 16.6. The van der Waals surface area contributed by atoms with Crippen LogP contribution in [0.5, 0.6) is 11.5 Å². The predicted molar refractivity (Wildman–Crippen MR) is 117 cm³/mol. The lowest BCUT2D eigenvalue weighted by Crippen LogP contribution is -2.26. The number of amides is 1. The zero-order chi connectivity index (χ0) is 21.2. The zero-order valence-electron chi connectivity index (χ0n) is 16.9. The van der Waals surface area contributed by atoms with Gasteiger partial charge in [0.2, 0.25) is 6.10 Å². The van der Waals surface area contributed by atoms with Crippen LogP contribution >= 0.6 is 0 Å². The van der Waals surface area contributed by atoms with E-state index in [9.17, 15) is 4.79 Å². The van der Waals surface area contributed by atoms with E-state index in [2.05, 4.69) is 10.5 Å². The molecular formula is C24H24N2O4. The number of anilines is 1. The van der Waals surface area contributed by atoms with Gasteiger partial charge in [-0.3, -0.25) is 4.79 Å². The molecule has 0 aliphatic rings. The van der Waals surface area contributed by atoms with Gasteiger partial charge in [0, 0.05) is 11.3 Å². The van der Waals surface area contributed by atoms with Crippen LogP contribution in [0.2, 0.25) is 0 Å². The number of methoxy groups -OCH3 is 1. The molecule has 0 bridgehead atoms. The number of carbonyl (C=O) groups is 1. The number of rotatable bonds is 9. The third kappa shape index (κ3) is 6.10. The van der Waals surface area contributed by atoms with Gasteiger partial charge in [0.25, 0.3) is 5.91 Å². The summed E-state index contributed by atoms with van der Waals surface area (Å²) in [5.41, 5.74) is 2.50. The normalized spacial score (nSPS) is 11.7. The highest BCUT2D eigenvalue weighted by Gasteiger charge is 2.14. The van der Waals surface area contributed by atoms with Crippen LogP contribution < -0.4 is 14.8 Å². The molecule has 0 radical (unpaired) electrons. The Balaban J connectivity index is 1.48. The van der Waals surface area contributed by atoms with E-state index in [0.29, 0.717) is 18.0 Å². The van der Waals surface area contributed by atoms with Crippen molar-refractivity contribution in [2.45, 2.75) is 19.6 Å². The van der Waals surface area contributed by atoms with Gasteiger partial charge in [0.05, 0.1) is 13.3 Å². The molecule has 0 aliphatic carbocycles. The Morgan fingerprint density at radius 2 is 1.70 bits per heavy atom. The van der Waals surface area contributed by atoms with Crippen molar-refractivity contribution >= 4 is 17.8 Å². The molecular weight excluding hydrogens is 380 g/mol. The van der Waals surface area contributed by atoms with Crippen LogP contribution in [-0.4, -0.2) is 25.3 Å². The smallest absolute Gasteiger partial charge is 0.267 e. The molecule has 0 spiro atoms. The van der Waals surface area contributed by atoms with Gasteiger partial charge >= 0.3 is 0 Å². The van der Waals surface area contributed by atoms with Crippen LogP contribution in [-0.2, 0) is 16.2 Å². The minimum Gasteiger partial charge on any atom is -0.496 e. The second-order valence-corrected chi connectivity index (χ2v) is 6.51. The summed E-state index contributed by atoms with van der Waals surface area (Å²) in [6.07, 6.45) is 0.756. The molecule has 3 aromatic carbocycles. The molecule has 1 N–H and O–H groups in total. The van der Waals surface area contributed by atoms with E-state index >= 15 is 0 Å². The monoisotopic (exact) mass is 404 g/mol. The molecule has 1 atom stereocenters. The van der Waals surface area contributed by atoms with Crippen molar-refractivity contribution < 1.29 is 19.1 Å². The molecule has 30 heavy (non-hydrogen) atoms. The maximum atomic E-state index is 12.3. The van der Waals surface area contributed by atoms with Crippen molar-refractivity contribution in [1.29, 1.82) is 0 Å². The van der Waals surface area contributed by atoms with Crippen LogP contribution in [0.4, 0.5) is 5.69 Å². The molecule has 0 saturated carbocycles. The number of para-hydroxylation sites is 1. The Bertz CT molecular complexity index is 972. The van der Waals surface area contributed by atoms with E-state index in [-0.39, 0.29) is 5.91 Å². The predicted octanol–water partition coefficient (Wildman–Crippen LogP) is 4.65. The molecule has 6 nitrogen and oxygen atoms in total. The Morgan fingerprint density at radius 1 is 1.00 bits per heavy atom. The summed E-state index contributed by atoms with van der Waals surface area (Å²) >= 11 is 0. The fourth-order valence-electron chi connectivity index (χ4n) is 2.62. The lowest BCUT2D eigenvalue weighted by Gasteiger charge is -2.11. The Labute approximate surface area is 176 Å². The molecule has 154 valence electrons. The van der Waals surface area contributed by atoms with Gasteiger partial charge in [-0.2, -0.15) is 0 Å². The lowest BCUT2D eigenvalue weighted by molar-refractivity contribution is -0.126. The SMILES string of the molecule is COc1ccccc1/C=N\O[C@H](C)C(=O)Nc1ccc(OCc2ccccc2)cc1. The Kier molecular flexibility index (Phi) is 7.44. The molecule has 0 saturated heterocycles. The maximum Gasteiger partial charge on any atom is 0.267 e. The van der Waals surface area contributed by atoms with Gasteiger partial charge in [-0.15, -0.1) is 0 Å². The summed E-state index contributed by atoms with van der Waals surface area (Å²) in [6.45, 7) is 2.12. The number of nitrogens with zero attached hydrogens (tertiary/aromatic N) is 1. The van der Waals surface area contributed by atoms with E-state index in [1.807, 2.05) is 66.7 Å². The Hall–Kier alpha value is -3.80. The second-order valence-electron chi connectivity index (χ2n) is 6.51. The van der Waals surface area contributed by atoms with Gasteiger partial charge in [0.15, 0.2) is 0 Å². The van der Waals surface area contributed by atoms with E-state index in [1.165, 1.54) is 6.21 Å². The summed E-state index contributed by atoms with van der Waals surface area (Å²) in [4.78, 5) is 17.6. The molecule has 0 fully saturated rings. The molecule has 6 heteroatoms. The minimum atomic E-state index is -0.759. The molecule has 0 aliphatic heterocycles. The first-order valence-electron chi connectivity index (χ1n) is 9.55. The minimum absolute atomic E-state index is 0.301. The van der Waals surface area contributed by atoms with E-state index in [0.717, 1.165) is 16.9 Å². The maximum absolute atomic E-state index is 12.3. The highest BCUT2D eigenvalue weighted by Crippen LogP contribution is 2.18. The molecule has 0 heterocycles. The van der Waals surface area contributed by atoms with Crippen molar-refractivity contribution in [2.24, 2.45) is 5.16 Å². The van der Waals surface area contributed by atoms with E-state index in [4.69, 9.17) is 14.3 Å². The average Bonchev–Trinajstić information content (AvgIpc) is 2.79. The molecule has 0 aromatic heterocycles. The standard InChI is InChI=1S/C24H24N2O4/c1-18(30-25-16-20-10-6-7-11-23(20)28-2)24(27)26-21-12-14-22(15-13-21)29-17-19-8-4-3-5-9-19/h3-16,18H,17H2,1-2H3,(H,26,27)/b25-16-/t18-/m1/s1. The van der Waals surface area contributed by atoms with Crippen molar-refractivity contribution in [3.8, 4) is 11.5 Å². The van der Waals surface area contributed by atoms with Crippen LogP contribution in [0.3, 0.4) is 0 Å². The summed E-state index contributed by atoms with van der Waals surface area (Å²) in [7, 11) is 1.58. The number of hydrogen-bond acceptors (Lipinski definition) is 5. The Morgan fingerprint density at radius 3 is 2.43 bits per heavy atom. The van der Waals surface area contributed by atoms with Crippen LogP contribution in [0.15, 0.2) is 84.0 Å². The largest absolute Gasteiger partial charge is 0.496 e. The molecule has 3 aromatic rings. The van der Waals surface area contributed by atoms with Gasteiger partial charge in [-0.1, -0.05) is 47.6 Å². The number of hydrogen-bond donors (Lipinski definition) is 1. The number of nitrogens with one attached hydrogen (secondary N) is 1. The van der Waals surface area contributed by atoms with E-state index in [1.54, 1.807) is 26.2 Å². The van der Waals surface area contributed by atoms with Gasteiger partial charge in [-0.05, 0) is 48.9 Å². The fourth-order valence-corrected chi connectivity index (χ4v) is 2.62. The fraction of sp³-hybridized carbons (Fsp3) is 0.167. The molecule has 1 amide bonds. The number of oxime groups is 1. The first kappa shape index (κ1) is 20.9. The van der Waals surface area contributed by atoms with Crippen molar-refractivity contribution in [1.82, 2.24) is 0 Å². The van der Waals surface area contributed by atoms with E-state index < -0.39 is 6.10 Å². The summed E-state index contributed by atoms with van der Waals surface area (Å²) < 4.78 is 11.0. The molecule has 3 rings (SSSR count). The van der Waals surface area contributed by atoms with Gasteiger partial charge in [0.1, 0.15) is 18.1 Å². The van der Waals surface area contributed by atoms with Gasteiger partial charge in [-0.25, -0.2) is 0 Å². The summed E-state index contributed by atoms with van der Waals surface area (Å²) in [5.74, 6) is 1.10. The van der Waals surface area contributed by atoms with Crippen LogP contribution in [0.1, 0.15) is 18.1 Å². The second kappa shape index (κ2) is 10.7. The lowest BCUT2D eigenvalue weighted by atomic mass is 10.2. The quantitative estimate of drug-likeness (QED) is 0.416. The van der Waals surface area contributed by atoms with Crippen molar-refractivity contribution in [3.05, 3.63) is 90.0 Å². The topological polar surface area (TPSA) is 69.2 Å². The number of ether oxygens (including phenoxy) is 2. The number of carbonyl (C=O) groups excluding carboxylic acids is 1. The van der Waals surface area contributed by atoms with Crippen LogP contribution in [0, 0.1) is 0 Å². The zero-order valence-corrected chi connectivity index (χ0v) is 16.9. The average molecular weight is 404 g/mol. The van der Waals surface area contributed by atoms with Gasteiger partial charge < -0.3 is 19.6 Å². The number of benzene rings is 3. The third-order valence-electron chi connectivity index (χ3n) is 4.29. The first-order valence-corrected chi connectivity index (χ1v) is 9.55. The third-order valence-corrected chi connectivity index (χ3v) is 4.29. The summed E-state index contributed by atoms with van der Waals surface area (Å²) in [6, 6.07) is 24.5. The first-order chi connectivity index (χ1) is 14.7.